The fourth-order valence-corrected chi connectivity index (χ4v) is 5.25. The van der Waals surface area contributed by atoms with Gasteiger partial charge in [0, 0.05) is 24.5 Å². The highest BCUT2D eigenvalue weighted by Crippen LogP contribution is 2.21. The lowest BCUT2D eigenvalue weighted by molar-refractivity contribution is -0.138. The molecule has 0 spiro atoms. The van der Waals surface area contributed by atoms with Crippen LogP contribution in [0.15, 0.2) is 41.8 Å². The van der Waals surface area contributed by atoms with E-state index in [1.165, 1.54) is 31.5 Å². The summed E-state index contributed by atoms with van der Waals surface area (Å²) in [5.41, 5.74) is 2.42. The maximum Gasteiger partial charge on any atom is 0.243 e. The number of nitrogens with zero attached hydrogens (tertiary/aromatic N) is 2. The molecule has 5 nitrogen and oxygen atoms in total. The van der Waals surface area contributed by atoms with Crippen molar-refractivity contribution in [1.29, 1.82) is 0 Å². The molecule has 1 atom stereocenters. The molecule has 2 aliphatic heterocycles. The molecule has 4 rings (SSSR count). The first-order chi connectivity index (χ1) is 15.1. The van der Waals surface area contributed by atoms with Crippen LogP contribution in [0.2, 0.25) is 0 Å². The van der Waals surface area contributed by atoms with E-state index >= 15 is 0 Å². The molecule has 2 fully saturated rings. The first kappa shape index (κ1) is 22.0. The number of hydrogen-bond donors (Lipinski definition) is 1. The van der Waals surface area contributed by atoms with E-state index < -0.39 is 0 Å². The van der Waals surface area contributed by atoms with Gasteiger partial charge in [0.15, 0.2) is 0 Å². The third-order valence-electron chi connectivity index (χ3n) is 6.55. The standard InChI is InChI=1S/C25H33N3O2S/c1-19-10-13-27(14-11-19)18-21-8-6-20(7-9-21)17-26-25(30)23-5-2-12-28(23)24(29)16-22-4-3-15-31-22/h3-4,6-9,15,19,23H,2,5,10-14,16-18H2,1H3,(H,26,30). The summed E-state index contributed by atoms with van der Waals surface area (Å²) in [4.78, 5) is 30.8. The van der Waals surface area contributed by atoms with E-state index in [-0.39, 0.29) is 17.9 Å². The van der Waals surface area contributed by atoms with Crippen LogP contribution in [0.1, 0.15) is 48.6 Å². The number of rotatable bonds is 7. The number of piperidine rings is 1. The van der Waals surface area contributed by atoms with Gasteiger partial charge in [-0.05, 0) is 67.3 Å². The lowest BCUT2D eigenvalue weighted by atomic mass is 9.99. The zero-order valence-corrected chi connectivity index (χ0v) is 19.2. The Balaban J connectivity index is 1.25. The van der Waals surface area contributed by atoms with Gasteiger partial charge in [-0.2, -0.15) is 0 Å². The fraction of sp³-hybridized carbons (Fsp3) is 0.520. The van der Waals surface area contributed by atoms with Gasteiger partial charge < -0.3 is 10.2 Å². The van der Waals surface area contributed by atoms with Crippen molar-refractivity contribution < 1.29 is 9.59 Å². The van der Waals surface area contributed by atoms with E-state index in [1.54, 1.807) is 16.2 Å². The van der Waals surface area contributed by atoms with E-state index in [0.717, 1.165) is 35.7 Å². The topological polar surface area (TPSA) is 52.7 Å². The fourth-order valence-electron chi connectivity index (χ4n) is 4.55. The predicted molar refractivity (Wildman–Crippen MR) is 125 cm³/mol. The quantitative estimate of drug-likeness (QED) is 0.713. The lowest BCUT2D eigenvalue weighted by Crippen LogP contribution is -2.46. The Bertz CT molecular complexity index is 857. The predicted octanol–water partition coefficient (Wildman–Crippen LogP) is 3.83. The minimum atomic E-state index is -0.340. The molecule has 0 bridgehead atoms. The molecule has 2 amide bonds. The minimum absolute atomic E-state index is 0.0384. The molecule has 0 aliphatic carbocycles. The van der Waals surface area contributed by atoms with Crippen LogP contribution < -0.4 is 5.32 Å². The Hall–Kier alpha value is -2.18. The highest BCUT2D eigenvalue weighted by molar-refractivity contribution is 7.10. The number of nitrogens with one attached hydrogen (secondary N) is 1. The number of benzene rings is 1. The molecule has 1 N–H and O–H groups in total. The van der Waals surface area contributed by atoms with Crippen molar-refractivity contribution in [2.75, 3.05) is 19.6 Å². The van der Waals surface area contributed by atoms with Crippen molar-refractivity contribution in [3.8, 4) is 0 Å². The summed E-state index contributed by atoms with van der Waals surface area (Å²) >= 11 is 1.59. The minimum Gasteiger partial charge on any atom is -0.350 e. The summed E-state index contributed by atoms with van der Waals surface area (Å²) in [5, 5.41) is 5.03. The number of thiophene rings is 1. The van der Waals surface area contributed by atoms with Gasteiger partial charge in [0.1, 0.15) is 6.04 Å². The van der Waals surface area contributed by atoms with E-state index in [1.807, 2.05) is 17.5 Å². The zero-order chi connectivity index (χ0) is 21.6. The van der Waals surface area contributed by atoms with Gasteiger partial charge in [-0.15, -0.1) is 11.3 Å². The van der Waals surface area contributed by atoms with E-state index in [0.29, 0.717) is 19.5 Å². The van der Waals surface area contributed by atoms with Crippen LogP contribution >= 0.6 is 11.3 Å². The zero-order valence-electron chi connectivity index (χ0n) is 18.4. The van der Waals surface area contributed by atoms with E-state index in [4.69, 9.17) is 0 Å². The summed E-state index contributed by atoms with van der Waals surface area (Å²) in [6.07, 6.45) is 4.60. The third kappa shape index (κ3) is 5.95. The van der Waals surface area contributed by atoms with Crippen molar-refractivity contribution in [2.24, 2.45) is 5.92 Å². The van der Waals surface area contributed by atoms with Crippen LogP contribution in [0.5, 0.6) is 0 Å². The van der Waals surface area contributed by atoms with Crippen molar-refractivity contribution in [3.63, 3.8) is 0 Å². The molecule has 2 aromatic rings. The Kier molecular flexibility index (Phi) is 7.41. The van der Waals surface area contributed by atoms with Gasteiger partial charge in [0.2, 0.25) is 11.8 Å². The van der Waals surface area contributed by atoms with Crippen molar-refractivity contribution in [3.05, 3.63) is 57.8 Å². The molecule has 3 heterocycles. The van der Waals surface area contributed by atoms with Crippen molar-refractivity contribution >= 4 is 23.2 Å². The van der Waals surface area contributed by atoms with Crippen LogP contribution in [0.25, 0.3) is 0 Å². The molecule has 166 valence electrons. The second kappa shape index (κ2) is 10.4. The number of carbonyl (C=O) groups is 2. The van der Waals surface area contributed by atoms with Gasteiger partial charge >= 0.3 is 0 Å². The maximum atomic E-state index is 12.8. The Morgan fingerprint density at radius 1 is 1.03 bits per heavy atom. The monoisotopic (exact) mass is 439 g/mol. The molecule has 2 saturated heterocycles. The van der Waals surface area contributed by atoms with Crippen molar-refractivity contribution in [2.45, 2.75) is 58.2 Å². The summed E-state index contributed by atoms with van der Waals surface area (Å²) < 4.78 is 0. The second-order valence-electron chi connectivity index (χ2n) is 8.99. The van der Waals surface area contributed by atoms with Crippen LogP contribution in [0.3, 0.4) is 0 Å². The van der Waals surface area contributed by atoms with Crippen LogP contribution in [-0.2, 0) is 29.1 Å². The number of carbonyl (C=O) groups excluding carboxylic acids is 2. The smallest absolute Gasteiger partial charge is 0.243 e. The molecule has 1 unspecified atom stereocenters. The molecule has 6 heteroatoms. The normalized spacial score (nSPS) is 20.2. The second-order valence-corrected chi connectivity index (χ2v) is 10.0. The summed E-state index contributed by atoms with van der Waals surface area (Å²) in [6, 6.07) is 12.2. The first-order valence-corrected chi connectivity index (χ1v) is 12.4. The molecule has 31 heavy (non-hydrogen) atoms. The summed E-state index contributed by atoms with van der Waals surface area (Å²) in [5.74, 6) is 0.865. The lowest BCUT2D eigenvalue weighted by Gasteiger charge is -2.30. The molecule has 0 saturated carbocycles. The highest BCUT2D eigenvalue weighted by Gasteiger charge is 2.33. The largest absolute Gasteiger partial charge is 0.350 e. The molecule has 0 radical (unpaired) electrons. The van der Waals surface area contributed by atoms with Gasteiger partial charge in [0.05, 0.1) is 6.42 Å². The molecule has 1 aromatic carbocycles. The van der Waals surface area contributed by atoms with Crippen LogP contribution in [-0.4, -0.2) is 47.3 Å². The van der Waals surface area contributed by atoms with E-state index in [2.05, 4.69) is 41.4 Å². The molecular formula is C25H33N3O2S. The van der Waals surface area contributed by atoms with Crippen LogP contribution in [0, 0.1) is 5.92 Å². The van der Waals surface area contributed by atoms with Gasteiger partial charge in [0.25, 0.3) is 0 Å². The molecular weight excluding hydrogens is 406 g/mol. The van der Waals surface area contributed by atoms with Crippen molar-refractivity contribution in [1.82, 2.24) is 15.1 Å². The Morgan fingerprint density at radius 2 is 1.77 bits per heavy atom. The number of hydrogen-bond acceptors (Lipinski definition) is 4. The Morgan fingerprint density at radius 3 is 2.48 bits per heavy atom. The first-order valence-electron chi connectivity index (χ1n) is 11.5. The summed E-state index contributed by atoms with van der Waals surface area (Å²) in [6.45, 7) is 6.88. The third-order valence-corrected chi connectivity index (χ3v) is 7.43. The SMILES string of the molecule is CC1CCN(Cc2ccc(CNC(=O)C3CCCN3C(=O)Cc3cccs3)cc2)CC1. The van der Waals surface area contributed by atoms with E-state index in [9.17, 15) is 9.59 Å². The summed E-state index contributed by atoms with van der Waals surface area (Å²) in [7, 11) is 0. The van der Waals surface area contributed by atoms with Crippen LogP contribution in [0.4, 0.5) is 0 Å². The van der Waals surface area contributed by atoms with Gasteiger partial charge in [-0.1, -0.05) is 37.3 Å². The average molecular weight is 440 g/mol. The number of likely N-dealkylation sites (tertiary alicyclic amines) is 2. The van der Waals surface area contributed by atoms with Gasteiger partial charge in [-0.25, -0.2) is 0 Å². The Labute approximate surface area is 189 Å². The molecule has 1 aromatic heterocycles. The highest BCUT2D eigenvalue weighted by atomic mass is 32.1. The average Bonchev–Trinajstić information content (AvgIpc) is 3.47. The molecule has 2 aliphatic rings. The van der Waals surface area contributed by atoms with Gasteiger partial charge in [-0.3, -0.25) is 14.5 Å². The maximum absolute atomic E-state index is 12.8. The number of amides is 2.